The minimum absolute atomic E-state index is 0.0335. The molecule has 2 aromatic carbocycles. The van der Waals surface area contributed by atoms with E-state index in [0.717, 1.165) is 5.56 Å². The number of anilines is 2. The smallest absolute Gasteiger partial charge is 0.255 e. The third-order valence-electron chi connectivity index (χ3n) is 9.31. The van der Waals surface area contributed by atoms with Crippen molar-refractivity contribution in [3.8, 4) is 5.75 Å². The lowest BCUT2D eigenvalue weighted by molar-refractivity contribution is -0.153. The number of aromatic hydroxyl groups is 1. The van der Waals surface area contributed by atoms with Crippen molar-refractivity contribution in [2.75, 3.05) is 38.4 Å². The van der Waals surface area contributed by atoms with Crippen LogP contribution in [0.4, 0.5) is 11.4 Å². The number of aliphatic hydroxyl groups is 3. The van der Waals surface area contributed by atoms with Crippen molar-refractivity contribution in [3.63, 3.8) is 0 Å². The van der Waals surface area contributed by atoms with E-state index in [2.05, 4.69) is 31.3 Å². The fraction of sp³-hybridized carbons (Fsp3) is 0.424. The number of hydrogen-bond acceptors (Lipinski definition) is 10. The van der Waals surface area contributed by atoms with E-state index in [9.17, 15) is 34.8 Å². The van der Waals surface area contributed by atoms with E-state index < -0.39 is 58.0 Å². The molecule has 0 spiro atoms. The van der Waals surface area contributed by atoms with Gasteiger partial charge in [-0.1, -0.05) is 38.1 Å². The number of hydrogen-bond donors (Lipinski definition) is 6. The van der Waals surface area contributed by atoms with Gasteiger partial charge < -0.3 is 36.4 Å². The lowest BCUT2D eigenvalue weighted by Gasteiger charge is -2.50. The molecule has 3 aliphatic carbocycles. The van der Waals surface area contributed by atoms with Gasteiger partial charge in [-0.3, -0.25) is 19.3 Å². The summed E-state index contributed by atoms with van der Waals surface area (Å²) in [4.78, 5) is 43.0. The van der Waals surface area contributed by atoms with Crippen molar-refractivity contribution in [2.24, 2.45) is 17.6 Å². The van der Waals surface area contributed by atoms with Crippen molar-refractivity contribution in [3.05, 3.63) is 69.5 Å². The van der Waals surface area contributed by atoms with Crippen molar-refractivity contribution in [1.82, 2.24) is 4.90 Å². The van der Waals surface area contributed by atoms with Crippen LogP contribution in [0.2, 0.25) is 0 Å². The molecule has 0 bridgehead atoms. The Morgan fingerprint density at radius 3 is 2.27 bits per heavy atom. The van der Waals surface area contributed by atoms with Gasteiger partial charge in [0, 0.05) is 37.8 Å². The fourth-order valence-corrected chi connectivity index (χ4v) is 7.04. The number of nitrogens with two attached hydrogens (primary N) is 1. The van der Waals surface area contributed by atoms with Crippen molar-refractivity contribution < 1.29 is 34.8 Å². The largest absolute Gasteiger partial charge is 0.508 e. The summed E-state index contributed by atoms with van der Waals surface area (Å²) >= 11 is 0. The molecule has 0 radical (unpaired) electrons. The zero-order valence-electron chi connectivity index (χ0n) is 25.8. The molecule has 44 heavy (non-hydrogen) atoms. The number of aliphatic hydroxyl groups excluding tert-OH is 2. The van der Waals surface area contributed by atoms with Crippen LogP contribution in [0.1, 0.15) is 48.4 Å². The maximum absolute atomic E-state index is 14.1. The summed E-state index contributed by atoms with van der Waals surface area (Å²) in [5.41, 5.74) is 5.58. The van der Waals surface area contributed by atoms with Crippen molar-refractivity contribution >= 4 is 34.6 Å². The summed E-state index contributed by atoms with van der Waals surface area (Å²) in [5, 5.41) is 49.3. The molecule has 5 rings (SSSR count). The van der Waals surface area contributed by atoms with Gasteiger partial charge in [-0.05, 0) is 61.5 Å². The van der Waals surface area contributed by atoms with Gasteiger partial charge in [0.1, 0.15) is 22.8 Å². The van der Waals surface area contributed by atoms with E-state index in [4.69, 9.17) is 5.73 Å². The van der Waals surface area contributed by atoms with Crippen LogP contribution < -0.4 is 16.0 Å². The number of phenols is 1. The average molecular weight is 605 g/mol. The van der Waals surface area contributed by atoms with Crippen molar-refractivity contribution in [1.29, 1.82) is 0 Å². The standard InChI is InChI=1S/C33H40N4O7/c1-15(2)17-9-7-16(8-10-17)14-35-21-13-22(36(3)4)19-11-18-12-20-26(37(5)6)29(40)25(32(34)43)31(42)33(20,44)30(41)23(18)28(39)24(19)27(21)38/h7-10,13,15,18,20,26,35,38-39,42,44H,11-12,14H2,1-6H3,(H2,34,43)/t18-,20+,26+,33+/m1/s1. The van der Waals surface area contributed by atoms with Gasteiger partial charge in [0.15, 0.2) is 11.4 Å². The molecular formula is C33H40N4O7. The normalized spacial score (nSPS) is 24.8. The van der Waals surface area contributed by atoms with Gasteiger partial charge in [0.05, 0.1) is 17.3 Å². The molecule has 0 unspecified atom stereocenters. The third kappa shape index (κ3) is 4.62. The number of benzene rings is 2. The number of ketones is 2. The molecule has 0 saturated heterocycles. The van der Waals surface area contributed by atoms with Crippen LogP contribution in [0.25, 0.3) is 5.76 Å². The Hall–Kier alpha value is -4.35. The minimum Gasteiger partial charge on any atom is -0.508 e. The molecule has 234 valence electrons. The van der Waals surface area contributed by atoms with Crippen LogP contribution in [0.5, 0.6) is 5.75 Å². The molecule has 3 aliphatic rings. The number of carbonyl (C=O) groups is 3. The van der Waals surface area contributed by atoms with Gasteiger partial charge in [-0.15, -0.1) is 0 Å². The first-order valence-corrected chi connectivity index (χ1v) is 14.6. The highest BCUT2D eigenvalue weighted by molar-refractivity contribution is 6.24. The summed E-state index contributed by atoms with van der Waals surface area (Å²) in [5.74, 6) is -6.35. The number of nitrogens with zero attached hydrogens (tertiary/aromatic N) is 2. The Balaban J connectivity index is 1.62. The van der Waals surface area contributed by atoms with Crippen LogP contribution in [-0.4, -0.2) is 82.6 Å². The first-order valence-electron chi connectivity index (χ1n) is 14.6. The van der Waals surface area contributed by atoms with Crippen molar-refractivity contribution in [2.45, 2.75) is 50.8 Å². The highest BCUT2D eigenvalue weighted by Gasteiger charge is 2.64. The number of primary amides is 1. The van der Waals surface area contributed by atoms with E-state index in [1.165, 1.54) is 10.5 Å². The number of nitrogens with one attached hydrogen (secondary N) is 1. The van der Waals surface area contributed by atoms with Crippen LogP contribution in [0.3, 0.4) is 0 Å². The molecule has 0 heterocycles. The molecule has 4 atom stereocenters. The summed E-state index contributed by atoms with van der Waals surface area (Å²) in [6.45, 7) is 4.61. The maximum Gasteiger partial charge on any atom is 0.255 e. The highest BCUT2D eigenvalue weighted by atomic mass is 16.3. The second-order valence-corrected chi connectivity index (χ2v) is 12.8. The van der Waals surface area contributed by atoms with E-state index >= 15 is 0 Å². The lowest BCUT2D eigenvalue weighted by Crippen LogP contribution is -2.65. The molecule has 1 fully saturated rings. The zero-order valence-corrected chi connectivity index (χ0v) is 25.8. The molecular weight excluding hydrogens is 564 g/mol. The zero-order chi connectivity index (χ0) is 32.4. The number of fused-ring (bicyclic) bond motifs is 3. The number of likely N-dealkylation sites (N-methyl/N-ethyl adjacent to an activating group) is 1. The van der Waals surface area contributed by atoms with E-state index in [1.807, 2.05) is 31.1 Å². The van der Waals surface area contributed by atoms with Crippen LogP contribution in [0.15, 0.2) is 47.2 Å². The Morgan fingerprint density at radius 1 is 1.09 bits per heavy atom. The van der Waals surface area contributed by atoms with E-state index in [-0.39, 0.29) is 29.7 Å². The second kappa shape index (κ2) is 11.0. The molecule has 2 aromatic rings. The van der Waals surface area contributed by atoms with E-state index in [0.29, 0.717) is 29.4 Å². The Kier molecular flexibility index (Phi) is 7.75. The van der Waals surface area contributed by atoms with Gasteiger partial charge in [0.2, 0.25) is 5.78 Å². The topological polar surface area (TPSA) is 177 Å². The average Bonchev–Trinajstić information content (AvgIpc) is 2.94. The Labute approximate surface area is 256 Å². The monoisotopic (exact) mass is 604 g/mol. The number of Topliss-reactive ketones (excluding diaryl/α,β-unsaturated/α-hetero) is 2. The molecule has 11 nitrogen and oxygen atoms in total. The summed E-state index contributed by atoms with van der Waals surface area (Å²) in [6.07, 6.45) is 0.248. The van der Waals surface area contributed by atoms with E-state index in [1.54, 1.807) is 20.2 Å². The van der Waals surface area contributed by atoms with Crippen LogP contribution >= 0.6 is 0 Å². The van der Waals surface area contributed by atoms with Gasteiger partial charge in [-0.2, -0.15) is 0 Å². The predicted molar refractivity (Wildman–Crippen MR) is 166 cm³/mol. The minimum atomic E-state index is -2.68. The molecule has 1 amide bonds. The summed E-state index contributed by atoms with van der Waals surface area (Å²) in [6, 6.07) is 8.77. The Morgan fingerprint density at radius 2 is 1.73 bits per heavy atom. The summed E-state index contributed by atoms with van der Waals surface area (Å²) in [7, 11) is 6.81. The SMILES string of the molecule is CC(C)c1ccc(CNc2cc(N(C)C)c3c(c2O)C(O)=C2C(=O)[C@]4(O)C(O)=C(C(N)=O)C(=O)[C@@H](N(C)C)[C@@H]4C[C@H]2C3)cc1. The lowest BCUT2D eigenvalue weighted by atomic mass is 9.57. The predicted octanol–water partition coefficient (Wildman–Crippen LogP) is 2.77. The molecule has 7 N–H and O–H groups in total. The van der Waals surface area contributed by atoms with Crippen LogP contribution in [0, 0.1) is 11.8 Å². The quantitative estimate of drug-likeness (QED) is 0.204. The number of amides is 1. The first-order chi connectivity index (χ1) is 20.6. The summed E-state index contributed by atoms with van der Waals surface area (Å²) < 4.78 is 0. The molecule has 11 heteroatoms. The molecule has 0 aliphatic heterocycles. The fourth-order valence-electron chi connectivity index (χ4n) is 7.04. The number of carbonyl (C=O) groups excluding carboxylic acids is 3. The Bertz CT molecular complexity index is 1620. The first kappa shape index (κ1) is 31.1. The third-order valence-corrected chi connectivity index (χ3v) is 9.31. The van der Waals surface area contributed by atoms with Crippen LogP contribution in [-0.2, 0) is 27.3 Å². The van der Waals surface area contributed by atoms with Gasteiger partial charge >= 0.3 is 0 Å². The number of phenolic OH excluding ortho intramolecular Hbond substituents is 1. The highest BCUT2D eigenvalue weighted by Crippen LogP contribution is 2.54. The number of rotatable bonds is 7. The molecule has 0 aromatic heterocycles. The molecule has 1 saturated carbocycles. The second-order valence-electron chi connectivity index (χ2n) is 12.8. The van der Waals surface area contributed by atoms with Gasteiger partial charge in [0.25, 0.3) is 5.91 Å². The van der Waals surface area contributed by atoms with Gasteiger partial charge in [-0.25, -0.2) is 0 Å². The maximum atomic E-state index is 14.1.